The maximum atomic E-state index is 13.0. The molecule has 5 nitrogen and oxygen atoms in total. The molecule has 1 heterocycles. The van der Waals surface area contributed by atoms with Gasteiger partial charge in [-0.15, -0.1) is 11.3 Å². The Hall–Kier alpha value is -2.72. The molecule has 0 aliphatic heterocycles. The zero-order chi connectivity index (χ0) is 18.6. The Labute approximate surface area is 154 Å². The predicted molar refractivity (Wildman–Crippen MR) is 96.5 cm³/mol. The molecule has 0 bridgehead atoms. The number of hydrogen-bond acceptors (Lipinski definition) is 4. The van der Waals surface area contributed by atoms with Gasteiger partial charge in [-0.25, -0.2) is 4.39 Å². The van der Waals surface area contributed by atoms with Gasteiger partial charge in [0.05, 0.1) is 10.9 Å². The maximum absolute atomic E-state index is 13.0. The van der Waals surface area contributed by atoms with Crippen molar-refractivity contribution in [2.75, 3.05) is 0 Å². The highest BCUT2D eigenvalue weighted by molar-refractivity contribution is 7.17. The van der Waals surface area contributed by atoms with Gasteiger partial charge in [0.1, 0.15) is 11.2 Å². The molecule has 0 unspecified atom stereocenters. The summed E-state index contributed by atoms with van der Waals surface area (Å²) in [6, 6.07) is 11.5. The van der Waals surface area contributed by atoms with Gasteiger partial charge >= 0.3 is 0 Å². The number of halogens is 1. The molecule has 2 aromatic rings. The van der Waals surface area contributed by atoms with E-state index in [1.165, 1.54) is 23.5 Å². The van der Waals surface area contributed by atoms with Gasteiger partial charge in [-0.3, -0.25) is 20.4 Å². The molecule has 7 heteroatoms. The average Bonchev–Trinajstić information content (AvgIpc) is 3.17. The number of nitrogens with one attached hydrogen (secondary N) is 2. The number of benzene rings is 1. The molecule has 134 valence electrons. The van der Waals surface area contributed by atoms with E-state index in [1.54, 1.807) is 24.3 Å². The van der Waals surface area contributed by atoms with Crippen molar-refractivity contribution in [3.63, 3.8) is 0 Å². The van der Waals surface area contributed by atoms with E-state index in [0.717, 1.165) is 29.7 Å². The van der Waals surface area contributed by atoms with Crippen molar-refractivity contribution in [3.05, 3.63) is 47.1 Å². The molecule has 1 fully saturated rings. The van der Waals surface area contributed by atoms with Crippen molar-refractivity contribution in [3.8, 4) is 16.5 Å². The van der Waals surface area contributed by atoms with Gasteiger partial charge < -0.3 is 0 Å². The Morgan fingerprint density at radius 3 is 2.38 bits per heavy atom. The van der Waals surface area contributed by atoms with Crippen molar-refractivity contribution in [2.24, 2.45) is 5.41 Å². The second-order valence-corrected chi connectivity index (χ2v) is 7.42. The highest BCUT2D eigenvalue weighted by Crippen LogP contribution is 2.35. The Balaban J connectivity index is 1.63. The van der Waals surface area contributed by atoms with E-state index < -0.39 is 17.2 Å². The van der Waals surface area contributed by atoms with Crippen LogP contribution in [0.3, 0.4) is 0 Å². The van der Waals surface area contributed by atoms with E-state index in [-0.39, 0.29) is 5.82 Å². The number of nitrogens with zero attached hydrogens (tertiary/aromatic N) is 1. The van der Waals surface area contributed by atoms with Crippen LogP contribution in [0.25, 0.3) is 10.4 Å². The molecule has 26 heavy (non-hydrogen) atoms. The summed E-state index contributed by atoms with van der Waals surface area (Å²) in [5.74, 6) is -1.22. The molecule has 0 spiro atoms. The summed E-state index contributed by atoms with van der Waals surface area (Å²) in [5.41, 5.74) is 4.54. The number of carbonyl (C=O) groups excluding carboxylic acids is 2. The van der Waals surface area contributed by atoms with Crippen LogP contribution in [0.15, 0.2) is 36.4 Å². The first-order valence-electron chi connectivity index (χ1n) is 8.42. The number of hydrazine groups is 1. The third-order valence-electron chi connectivity index (χ3n) is 4.60. The lowest BCUT2D eigenvalue weighted by Gasteiger charge is -2.28. The van der Waals surface area contributed by atoms with Gasteiger partial charge in [0.15, 0.2) is 0 Å². The monoisotopic (exact) mass is 371 g/mol. The van der Waals surface area contributed by atoms with Crippen molar-refractivity contribution in [1.82, 2.24) is 10.9 Å². The Morgan fingerprint density at radius 2 is 1.73 bits per heavy atom. The molecule has 2 amide bonds. The predicted octanol–water partition coefficient (Wildman–Crippen LogP) is 3.79. The first kappa shape index (κ1) is 18.1. The van der Waals surface area contributed by atoms with Crippen molar-refractivity contribution in [1.29, 1.82) is 5.26 Å². The van der Waals surface area contributed by atoms with Crippen molar-refractivity contribution in [2.45, 2.75) is 32.1 Å². The molecule has 1 aromatic heterocycles. The summed E-state index contributed by atoms with van der Waals surface area (Å²) < 4.78 is 13.0. The number of rotatable bonds is 3. The summed E-state index contributed by atoms with van der Waals surface area (Å²) in [6.45, 7) is 0. The fraction of sp³-hybridized carbons (Fsp3) is 0.316. The zero-order valence-corrected chi connectivity index (χ0v) is 14.9. The minimum Gasteiger partial charge on any atom is -0.271 e. The molecule has 1 aromatic carbocycles. The van der Waals surface area contributed by atoms with Crippen LogP contribution in [-0.4, -0.2) is 11.8 Å². The van der Waals surface area contributed by atoms with E-state index in [2.05, 4.69) is 16.9 Å². The maximum Gasteiger partial charge on any atom is 0.279 e. The lowest BCUT2D eigenvalue weighted by Crippen LogP contribution is -2.49. The van der Waals surface area contributed by atoms with E-state index in [0.29, 0.717) is 17.7 Å². The molecule has 0 atom stereocenters. The standard InChI is InChI=1S/C19H18FN3O2S/c20-14-6-4-13(5-7-14)15-8-9-16(26-15)17(24)22-23-18(25)19(12-21)10-2-1-3-11-19/h4-9H,1-3,10-11H2,(H,22,24)(H,23,25). The minimum absolute atomic E-state index is 0.319. The molecule has 3 rings (SSSR count). The lowest BCUT2D eigenvalue weighted by atomic mass is 9.75. The third-order valence-corrected chi connectivity index (χ3v) is 5.74. The van der Waals surface area contributed by atoms with Crippen molar-refractivity contribution < 1.29 is 14.0 Å². The van der Waals surface area contributed by atoms with Crippen molar-refractivity contribution >= 4 is 23.2 Å². The van der Waals surface area contributed by atoms with Gasteiger partial charge in [0, 0.05) is 4.88 Å². The van der Waals surface area contributed by atoms with Crippen LogP contribution in [0.1, 0.15) is 41.8 Å². The summed E-state index contributed by atoms with van der Waals surface area (Å²) in [4.78, 5) is 25.9. The second-order valence-electron chi connectivity index (χ2n) is 6.33. The smallest absolute Gasteiger partial charge is 0.271 e. The third kappa shape index (κ3) is 3.75. The number of nitriles is 1. The van der Waals surface area contributed by atoms with Crippen LogP contribution in [0, 0.1) is 22.6 Å². The quantitative estimate of drug-likeness (QED) is 0.806. The Morgan fingerprint density at radius 1 is 1.04 bits per heavy atom. The van der Waals surface area contributed by atoms with Crippen LogP contribution >= 0.6 is 11.3 Å². The van der Waals surface area contributed by atoms with E-state index in [1.807, 2.05) is 0 Å². The lowest BCUT2D eigenvalue weighted by molar-refractivity contribution is -0.130. The molecule has 1 saturated carbocycles. The molecular formula is C19H18FN3O2S. The number of amides is 2. The summed E-state index contributed by atoms with van der Waals surface area (Å²) >= 11 is 1.24. The molecule has 0 radical (unpaired) electrons. The fourth-order valence-electron chi connectivity index (χ4n) is 3.07. The molecule has 2 N–H and O–H groups in total. The fourth-order valence-corrected chi connectivity index (χ4v) is 3.98. The Kier molecular flexibility index (Phi) is 5.33. The zero-order valence-electron chi connectivity index (χ0n) is 14.0. The number of hydrogen-bond donors (Lipinski definition) is 2. The van der Waals surface area contributed by atoms with E-state index >= 15 is 0 Å². The molecular weight excluding hydrogens is 353 g/mol. The molecule has 1 aliphatic rings. The number of thiophene rings is 1. The summed E-state index contributed by atoms with van der Waals surface area (Å²) in [6.07, 6.45) is 3.71. The SMILES string of the molecule is N#CC1(C(=O)NNC(=O)c2ccc(-c3ccc(F)cc3)s2)CCCCC1. The van der Waals surface area contributed by atoms with Crippen LogP contribution in [0.5, 0.6) is 0 Å². The van der Waals surface area contributed by atoms with Crippen LogP contribution < -0.4 is 10.9 Å². The van der Waals surface area contributed by atoms with Gasteiger partial charge in [-0.1, -0.05) is 31.4 Å². The summed E-state index contributed by atoms with van der Waals surface area (Å²) in [5, 5.41) is 9.39. The van der Waals surface area contributed by atoms with Crippen LogP contribution in [0.2, 0.25) is 0 Å². The molecule has 1 aliphatic carbocycles. The average molecular weight is 371 g/mol. The normalized spacial score (nSPS) is 15.7. The highest BCUT2D eigenvalue weighted by atomic mass is 32.1. The summed E-state index contributed by atoms with van der Waals surface area (Å²) in [7, 11) is 0. The van der Waals surface area contributed by atoms with Gasteiger partial charge in [0.25, 0.3) is 11.8 Å². The minimum atomic E-state index is -1.06. The van der Waals surface area contributed by atoms with E-state index in [4.69, 9.17) is 0 Å². The molecule has 0 saturated heterocycles. The highest BCUT2D eigenvalue weighted by Gasteiger charge is 2.40. The van der Waals surface area contributed by atoms with Crippen LogP contribution in [-0.2, 0) is 4.79 Å². The van der Waals surface area contributed by atoms with E-state index in [9.17, 15) is 19.2 Å². The first-order chi connectivity index (χ1) is 12.5. The first-order valence-corrected chi connectivity index (χ1v) is 9.23. The number of carbonyl (C=O) groups is 2. The van der Waals surface area contributed by atoms with Gasteiger partial charge in [-0.05, 0) is 42.7 Å². The largest absolute Gasteiger partial charge is 0.279 e. The topological polar surface area (TPSA) is 82.0 Å². The second kappa shape index (κ2) is 7.67. The van der Waals surface area contributed by atoms with Crippen LogP contribution in [0.4, 0.5) is 4.39 Å². The van der Waals surface area contributed by atoms with Gasteiger partial charge in [-0.2, -0.15) is 5.26 Å². The van der Waals surface area contributed by atoms with Gasteiger partial charge in [0.2, 0.25) is 0 Å². The Bertz CT molecular complexity index is 848.